The lowest BCUT2D eigenvalue weighted by molar-refractivity contribution is -0.118. The summed E-state index contributed by atoms with van der Waals surface area (Å²) >= 11 is 3.32. The Kier molecular flexibility index (Phi) is 3.72. The molecule has 1 N–H and O–H groups in total. The predicted octanol–water partition coefficient (Wildman–Crippen LogP) is 4.54. The van der Waals surface area contributed by atoms with Gasteiger partial charge in [-0.15, -0.1) is 0 Å². The predicted molar refractivity (Wildman–Crippen MR) is 80.0 cm³/mol. The first-order valence-corrected chi connectivity index (χ1v) is 7.44. The third-order valence-electron chi connectivity index (χ3n) is 3.86. The van der Waals surface area contributed by atoms with Crippen molar-refractivity contribution in [3.8, 4) is 0 Å². The second-order valence-electron chi connectivity index (χ2n) is 5.27. The lowest BCUT2D eigenvalue weighted by Crippen LogP contribution is -2.28. The lowest BCUT2D eigenvalue weighted by Gasteiger charge is -2.16. The SMILES string of the molecule is O=C(Nc1ccc(F)c(F)c1F)C1(c2ccc(Br)cc2)CC1. The number of benzene rings is 2. The van der Waals surface area contributed by atoms with Gasteiger partial charge in [0.05, 0.1) is 11.1 Å². The van der Waals surface area contributed by atoms with Crippen molar-refractivity contribution in [2.45, 2.75) is 18.3 Å². The lowest BCUT2D eigenvalue weighted by atomic mass is 9.95. The first-order valence-electron chi connectivity index (χ1n) is 6.65. The first kappa shape index (κ1) is 15.1. The molecule has 0 bridgehead atoms. The molecule has 0 saturated heterocycles. The summed E-state index contributed by atoms with van der Waals surface area (Å²) in [5.74, 6) is -4.68. The van der Waals surface area contributed by atoms with Gasteiger partial charge < -0.3 is 5.32 Å². The molecule has 0 radical (unpaired) electrons. The molecule has 0 atom stereocenters. The summed E-state index contributed by atoms with van der Waals surface area (Å²) in [5, 5.41) is 2.36. The molecule has 0 unspecified atom stereocenters. The molecule has 1 fully saturated rings. The van der Waals surface area contributed by atoms with E-state index < -0.39 is 28.8 Å². The fraction of sp³-hybridized carbons (Fsp3) is 0.188. The number of rotatable bonds is 3. The van der Waals surface area contributed by atoms with Crippen LogP contribution < -0.4 is 5.32 Å². The van der Waals surface area contributed by atoms with Crippen LogP contribution in [0, 0.1) is 17.5 Å². The van der Waals surface area contributed by atoms with E-state index in [-0.39, 0.29) is 5.69 Å². The largest absolute Gasteiger partial charge is 0.323 e. The van der Waals surface area contributed by atoms with Crippen LogP contribution in [-0.4, -0.2) is 5.91 Å². The maximum Gasteiger partial charge on any atom is 0.235 e. The van der Waals surface area contributed by atoms with Crippen molar-refractivity contribution >= 4 is 27.5 Å². The highest BCUT2D eigenvalue weighted by Crippen LogP contribution is 2.49. The van der Waals surface area contributed by atoms with E-state index in [1.54, 1.807) is 0 Å². The maximum atomic E-state index is 13.7. The van der Waals surface area contributed by atoms with Gasteiger partial charge in [0.25, 0.3) is 0 Å². The molecule has 1 aliphatic rings. The molecule has 2 aromatic carbocycles. The molecule has 0 spiro atoms. The Bertz CT molecular complexity index is 742. The average molecular weight is 370 g/mol. The van der Waals surface area contributed by atoms with Crippen molar-refractivity contribution in [1.29, 1.82) is 0 Å². The molecule has 1 amide bonds. The van der Waals surface area contributed by atoms with Crippen molar-refractivity contribution < 1.29 is 18.0 Å². The molecular formula is C16H11BrF3NO. The molecule has 6 heteroatoms. The summed E-state index contributed by atoms with van der Waals surface area (Å²) < 4.78 is 40.7. The van der Waals surface area contributed by atoms with Crippen molar-refractivity contribution in [2.75, 3.05) is 5.32 Å². The van der Waals surface area contributed by atoms with Crippen LogP contribution in [-0.2, 0) is 10.2 Å². The fourth-order valence-electron chi connectivity index (χ4n) is 2.41. The van der Waals surface area contributed by atoms with Gasteiger partial charge in [-0.25, -0.2) is 13.2 Å². The van der Waals surface area contributed by atoms with Crippen LogP contribution in [0.4, 0.5) is 18.9 Å². The van der Waals surface area contributed by atoms with Crippen LogP contribution in [0.2, 0.25) is 0 Å². The molecule has 2 aromatic rings. The van der Waals surface area contributed by atoms with Crippen LogP contribution >= 0.6 is 15.9 Å². The summed E-state index contributed by atoms with van der Waals surface area (Å²) in [4.78, 5) is 12.4. The summed E-state index contributed by atoms with van der Waals surface area (Å²) in [6.07, 6.45) is 1.26. The summed E-state index contributed by atoms with van der Waals surface area (Å²) in [7, 11) is 0. The van der Waals surface area contributed by atoms with Gasteiger partial charge in [0.2, 0.25) is 5.91 Å². The number of hydrogen-bond acceptors (Lipinski definition) is 1. The zero-order chi connectivity index (χ0) is 15.9. The van der Waals surface area contributed by atoms with E-state index in [2.05, 4.69) is 21.2 Å². The zero-order valence-electron chi connectivity index (χ0n) is 11.3. The number of anilines is 1. The van der Waals surface area contributed by atoms with Crippen LogP contribution in [0.3, 0.4) is 0 Å². The second kappa shape index (κ2) is 5.43. The Labute approximate surface area is 133 Å². The molecule has 3 rings (SSSR count). The Balaban J connectivity index is 1.86. The van der Waals surface area contributed by atoms with Gasteiger partial charge in [-0.1, -0.05) is 28.1 Å². The van der Waals surface area contributed by atoms with Crippen LogP contribution in [0.15, 0.2) is 40.9 Å². The minimum atomic E-state index is -1.59. The number of hydrogen-bond donors (Lipinski definition) is 1. The van der Waals surface area contributed by atoms with Crippen molar-refractivity contribution in [3.05, 3.63) is 63.9 Å². The smallest absolute Gasteiger partial charge is 0.235 e. The van der Waals surface area contributed by atoms with Crippen molar-refractivity contribution in [3.63, 3.8) is 0 Å². The number of halogens is 4. The van der Waals surface area contributed by atoms with Crippen molar-refractivity contribution in [1.82, 2.24) is 0 Å². The Morgan fingerprint density at radius 1 is 1.00 bits per heavy atom. The standard InChI is InChI=1S/C16H11BrF3NO/c17-10-3-1-9(2-4-10)16(7-8-16)15(22)21-12-6-5-11(18)13(19)14(12)20/h1-6H,7-8H2,(H,21,22). The van der Waals surface area contributed by atoms with Gasteiger partial charge in [-0.3, -0.25) is 4.79 Å². The maximum absolute atomic E-state index is 13.7. The third-order valence-corrected chi connectivity index (χ3v) is 4.39. The first-order chi connectivity index (χ1) is 10.4. The highest BCUT2D eigenvalue weighted by Gasteiger charge is 2.51. The molecule has 0 aromatic heterocycles. The van der Waals surface area contributed by atoms with Gasteiger partial charge in [0.15, 0.2) is 17.5 Å². The van der Waals surface area contributed by atoms with E-state index >= 15 is 0 Å². The normalized spacial score (nSPS) is 15.5. The van der Waals surface area contributed by atoms with Crippen molar-refractivity contribution in [2.24, 2.45) is 0 Å². The second-order valence-corrected chi connectivity index (χ2v) is 6.18. The minimum Gasteiger partial charge on any atom is -0.323 e. The summed E-state index contributed by atoms with van der Waals surface area (Å²) in [6.45, 7) is 0. The van der Waals surface area contributed by atoms with Gasteiger partial charge in [-0.2, -0.15) is 0 Å². The van der Waals surface area contributed by atoms with E-state index in [1.807, 2.05) is 24.3 Å². The van der Waals surface area contributed by atoms with Gasteiger partial charge in [0, 0.05) is 4.47 Å². The van der Waals surface area contributed by atoms with E-state index in [0.29, 0.717) is 12.8 Å². The number of amides is 1. The molecule has 2 nitrogen and oxygen atoms in total. The minimum absolute atomic E-state index is 0.354. The number of carbonyl (C=O) groups excluding carboxylic acids is 1. The van der Waals surface area contributed by atoms with Crippen LogP contribution in [0.1, 0.15) is 18.4 Å². The highest BCUT2D eigenvalue weighted by molar-refractivity contribution is 9.10. The average Bonchev–Trinajstić information content (AvgIpc) is 3.30. The number of carbonyl (C=O) groups is 1. The Hall–Kier alpha value is -1.82. The van der Waals surface area contributed by atoms with Gasteiger partial charge in [0.1, 0.15) is 0 Å². The zero-order valence-corrected chi connectivity index (χ0v) is 12.9. The Morgan fingerprint density at radius 3 is 2.23 bits per heavy atom. The summed E-state index contributed by atoms with van der Waals surface area (Å²) in [6, 6.07) is 9.08. The molecule has 0 heterocycles. The number of nitrogens with one attached hydrogen (secondary N) is 1. The fourth-order valence-corrected chi connectivity index (χ4v) is 2.67. The third kappa shape index (κ3) is 2.52. The van der Waals surface area contributed by atoms with E-state index in [1.165, 1.54) is 0 Å². The molecule has 114 valence electrons. The molecular weight excluding hydrogens is 359 g/mol. The molecule has 1 aliphatic carbocycles. The molecule has 0 aliphatic heterocycles. The van der Waals surface area contributed by atoms with E-state index in [4.69, 9.17) is 0 Å². The monoisotopic (exact) mass is 369 g/mol. The van der Waals surface area contributed by atoms with Crippen LogP contribution in [0.25, 0.3) is 0 Å². The topological polar surface area (TPSA) is 29.1 Å². The summed E-state index contributed by atoms with van der Waals surface area (Å²) in [5.41, 5.74) is -0.263. The molecule has 1 saturated carbocycles. The van der Waals surface area contributed by atoms with Gasteiger partial charge in [-0.05, 0) is 42.7 Å². The van der Waals surface area contributed by atoms with Gasteiger partial charge >= 0.3 is 0 Å². The molecule has 22 heavy (non-hydrogen) atoms. The quantitative estimate of drug-likeness (QED) is 0.790. The van der Waals surface area contributed by atoms with E-state index in [9.17, 15) is 18.0 Å². The Morgan fingerprint density at radius 2 is 1.64 bits per heavy atom. The van der Waals surface area contributed by atoms with E-state index in [0.717, 1.165) is 22.2 Å². The highest BCUT2D eigenvalue weighted by atomic mass is 79.9. The van der Waals surface area contributed by atoms with Crippen LogP contribution in [0.5, 0.6) is 0 Å².